The van der Waals surface area contributed by atoms with Gasteiger partial charge >= 0.3 is 0 Å². The van der Waals surface area contributed by atoms with E-state index in [1.165, 1.54) is 0 Å². The Bertz CT molecular complexity index is 1050. The van der Waals surface area contributed by atoms with E-state index in [-0.39, 0.29) is 11.8 Å². The van der Waals surface area contributed by atoms with Crippen LogP contribution >= 0.6 is 0 Å². The molecule has 1 aliphatic rings. The highest BCUT2D eigenvalue weighted by Crippen LogP contribution is 2.24. The van der Waals surface area contributed by atoms with E-state index in [1.807, 2.05) is 54.9 Å². The molecule has 142 valence electrons. The molecule has 1 aromatic heterocycles. The Morgan fingerprint density at radius 1 is 1.14 bits per heavy atom. The van der Waals surface area contributed by atoms with Crippen molar-refractivity contribution >= 4 is 17.5 Å². The van der Waals surface area contributed by atoms with Crippen molar-refractivity contribution in [1.82, 2.24) is 15.1 Å². The Balaban J connectivity index is 1.50. The molecule has 1 aliphatic heterocycles. The largest absolute Gasteiger partial charge is 0.348 e. The standard InChI is InChI=1S/C22H22N4O2/c1-14-19(15(2)26(25-14)18-6-4-3-5-7-18)13-23-22(28)17-8-10-20-16(12-17)9-11-21(27)24-20/h3-8,10,12H,9,11,13H2,1-2H3,(H,23,28)(H,24,27). The van der Waals surface area contributed by atoms with E-state index in [1.54, 1.807) is 12.1 Å². The third-order valence-electron chi connectivity index (χ3n) is 5.13. The van der Waals surface area contributed by atoms with Crippen LogP contribution < -0.4 is 10.6 Å². The van der Waals surface area contributed by atoms with E-state index >= 15 is 0 Å². The van der Waals surface area contributed by atoms with Crippen molar-refractivity contribution in [3.8, 4) is 5.69 Å². The number of rotatable bonds is 4. The molecule has 0 saturated carbocycles. The first-order valence-electron chi connectivity index (χ1n) is 9.34. The molecule has 2 N–H and O–H groups in total. The van der Waals surface area contributed by atoms with Crippen molar-refractivity contribution in [2.45, 2.75) is 33.2 Å². The maximum Gasteiger partial charge on any atom is 0.251 e. The van der Waals surface area contributed by atoms with Gasteiger partial charge in [-0.25, -0.2) is 4.68 Å². The first kappa shape index (κ1) is 18.0. The Hall–Kier alpha value is -3.41. The highest BCUT2D eigenvalue weighted by atomic mass is 16.2. The number of fused-ring (bicyclic) bond motifs is 1. The van der Waals surface area contributed by atoms with Crippen LogP contribution in [0, 0.1) is 13.8 Å². The summed E-state index contributed by atoms with van der Waals surface area (Å²) in [6, 6.07) is 15.3. The van der Waals surface area contributed by atoms with E-state index in [0.29, 0.717) is 24.9 Å². The molecule has 0 bridgehead atoms. The summed E-state index contributed by atoms with van der Waals surface area (Å²) < 4.78 is 1.90. The zero-order valence-electron chi connectivity index (χ0n) is 16.0. The monoisotopic (exact) mass is 374 g/mol. The number of aromatic nitrogens is 2. The van der Waals surface area contributed by atoms with Gasteiger partial charge in [-0.1, -0.05) is 18.2 Å². The van der Waals surface area contributed by atoms with Gasteiger partial charge in [-0.15, -0.1) is 0 Å². The molecule has 3 aromatic rings. The van der Waals surface area contributed by atoms with Gasteiger partial charge in [0, 0.05) is 35.5 Å². The lowest BCUT2D eigenvalue weighted by molar-refractivity contribution is -0.116. The summed E-state index contributed by atoms with van der Waals surface area (Å²) in [5.41, 5.74) is 6.31. The predicted octanol–water partition coefficient (Wildman–Crippen LogP) is 3.30. The fourth-order valence-corrected chi connectivity index (χ4v) is 3.55. The van der Waals surface area contributed by atoms with E-state index in [9.17, 15) is 9.59 Å². The number of anilines is 1. The first-order valence-corrected chi connectivity index (χ1v) is 9.34. The molecule has 0 fully saturated rings. The van der Waals surface area contributed by atoms with Crippen LogP contribution in [0.5, 0.6) is 0 Å². The van der Waals surface area contributed by atoms with Gasteiger partial charge < -0.3 is 10.6 Å². The number of carbonyl (C=O) groups is 2. The molecule has 6 heteroatoms. The summed E-state index contributed by atoms with van der Waals surface area (Å²) in [5.74, 6) is -0.114. The molecule has 2 amide bonds. The number of nitrogens with zero attached hydrogens (tertiary/aromatic N) is 2. The van der Waals surface area contributed by atoms with Crippen LogP contribution in [0.1, 0.15) is 39.3 Å². The van der Waals surface area contributed by atoms with Crippen LogP contribution in [0.4, 0.5) is 5.69 Å². The average molecular weight is 374 g/mol. The van der Waals surface area contributed by atoms with Gasteiger partial charge in [0.05, 0.1) is 11.4 Å². The van der Waals surface area contributed by atoms with Crippen molar-refractivity contribution in [2.24, 2.45) is 0 Å². The van der Waals surface area contributed by atoms with Crippen LogP contribution in [0.25, 0.3) is 5.69 Å². The molecule has 28 heavy (non-hydrogen) atoms. The molecule has 4 rings (SSSR count). The number of aryl methyl sites for hydroxylation is 2. The maximum atomic E-state index is 12.6. The van der Waals surface area contributed by atoms with Crippen LogP contribution in [-0.4, -0.2) is 21.6 Å². The fraction of sp³-hybridized carbons (Fsp3) is 0.227. The van der Waals surface area contributed by atoms with Crippen LogP contribution in [0.15, 0.2) is 48.5 Å². The third kappa shape index (κ3) is 3.41. The minimum absolute atomic E-state index is 0.0195. The van der Waals surface area contributed by atoms with Crippen molar-refractivity contribution in [2.75, 3.05) is 5.32 Å². The first-order chi connectivity index (χ1) is 13.5. The van der Waals surface area contributed by atoms with Gasteiger partial charge in [0.1, 0.15) is 0 Å². The van der Waals surface area contributed by atoms with Gasteiger partial charge in [-0.05, 0) is 56.2 Å². The van der Waals surface area contributed by atoms with Crippen molar-refractivity contribution in [3.63, 3.8) is 0 Å². The zero-order chi connectivity index (χ0) is 19.7. The second kappa shape index (κ2) is 7.31. The van der Waals surface area contributed by atoms with Crippen molar-refractivity contribution < 1.29 is 9.59 Å². The van der Waals surface area contributed by atoms with Crippen LogP contribution in [0.2, 0.25) is 0 Å². The normalized spacial score (nSPS) is 13.0. The second-order valence-electron chi connectivity index (χ2n) is 7.00. The number of amides is 2. The quantitative estimate of drug-likeness (QED) is 0.736. The molecule has 0 spiro atoms. The summed E-state index contributed by atoms with van der Waals surface area (Å²) in [5, 5.41) is 10.5. The number of benzene rings is 2. The van der Waals surface area contributed by atoms with Gasteiger partial charge in [-0.2, -0.15) is 5.10 Å². The molecular weight excluding hydrogens is 352 g/mol. The summed E-state index contributed by atoms with van der Waals surface area (Å²) in [6.07, 6.45) is 1.11. The minimum atomic E-state index is -0.133. The molecule has 6 nitrogen and oxygen atoms in total. The van der Waals surface area contributed by atoms with Gasteiger partial charge in [0.25, 0.3) is 5.91 Å². The van der Waals surface area contributed by atoms with Gasteiger partial charge in [-0.3, -0.25) is 9.59 Å². The van der Waals surface area contributed by atoms with Crippen molar-refractivity contribution in [3.05, 3.63) is 76.6 Å². The number of nitrogens with one attached hydrogen (secondary N) is 2. The molecule has 0 atom stereocenters. The summed E-state index contributed by atoms with van der Waals surface area (Å²) in [4.78, 5) is 24.1. The zero-order valence-corrected chi connectivity index (χ0v) is 16.0. The van der Waals surface area contributed by atoms with E-state index in [2.05, 4.69) is 15.7 Å². The van der Waals surface area contributed by atoms with E-state index in [4.69, 9.17) is 0 Å². The Labute approximate surface area is 163 Å². The van der Waals surface area contributed by atoms with Gasteiger partial charge in [0.2, 0.25) is 5.91 Å². The lowest BCUT2D eigenvalue weighted by atomic mass is 10.00. The highest BCUT2D eigenvalue weighted by Gasteiger charge is 2.18. The predicted molar refractivity (Wildman–Crippen MR) is 108 cm³/mol. The van der Waals surface area contributed by atoms with E-state index in [0.717, 1.165) is 33.9 Å². The SMILES string of the molecule is Cc1nn(-c2ccccc2)c(C)c1CNC(=O)c1ccc2c(c1)CCC(=O)N2. The summed E-state index contributed by atoms with van der Waals surface area (Å²) >= 11 is 0. The van der Waals surface area contributed by atoms with Crippen LogP contribution in [0.3, 0.4) is 0 Å². The molecule has 0 saturated heterocycles. The summed E-state index contributed by atoms with van der Waals surface area (Å²) in [6.45, 7) is 4.38. The third-order valence-corrected chi connectivity index (χ3v) is 5.13. The number of carbonyl (C=O) groups excluding carboxylic acids is 2. The molecule has 0 unspecified atom stereocenters. The Morgan fingerprint density at radius 3 is 2.71 bits per heavy atom. The number of hydrogen-bond donors (Lipinski definition) is 2. The highest BCUT2D eigenvalue weighted by molar-refractivity contribution is 5.97. The van der Waals surface area contributed by atoms with Crippen LogP contribution in [-0.2, 0) is 17.8 Å². The lowest BCUT2D eigenvalue weighted by Crippen LogP contribution is -2.24. The molecule has 0 aliphatic carbocycles. The Morgan fingerprint density at radius 2 is 1.93 bits per heavy atom. The summed E-state index contributed by atoms with van der Waals surface area (Å²) in [7, 11) is 0. The fourth-order valence-electron chi connectivity index (χ4n) is 3.55. The molecule has 0 radical (unpaired) electrons. The molecular formula is C22H22N4O2. The van der Waals surface area contributed by atoms with E-state index < -0.39 is 0 Å². The number of para-hydroxylation sites is 1. The average Bonchev–Trinajstić information content (AvgIpc) is 3.00. The molecule has 2 aromatic carbocycles. The topological polar surface area (TPSA) is 76.0 Å². The molecule has 2 heterocycles. The minimum Gasteiger partial charge on any atom is -0.348 e. The lowest BCUT2D eigenvalue weighted by Gasteiger charge is -2.17. The maximum absolute atomic E-state index is 12.6. The smallest absolute Gasteiger partial charge is 0.251 e. The number of hydrogen-bond acceptors (Lipinski definition) is 3. The van der Waals surface area contributed by atoms with Gasteiger partial charge in [0.15, 0.2) is 0 Å². The Kier molecular flexibility index (Phi) is 4.69. The second-order valence-corrected chi connectivity index (χ2v) is 7.00. The van der Waals surface area contributed by atoms with Crippen molar-refractivity contribution in [1.29, 1.82) is 0 Å².